The molecule has 3 aromatic carbocycles. The molecule has 3 rings (SSSR count). The third-order valence-electron chi connectivity index (χ3n) is 2.73. The second-order valence-electron chi connectivity index (χ2n) is 4.25. The summed E-state index contributed by atoms with van der Waals surface area (Å²) in [6.45, 7) is 0. The van der Waals surface area contributed by atoms with Gasteiger partial charge in [0.15, 0.2) is 0 Å². The van der Waals surface area contributed by atoms with E-state index in [4.69, 9.17) is 0 Å². The molecular formula is C18H16S2. The van der Waals surface area contributed by atoms with Gasteiger partial charge in [-0.3, -0.25) is 0 Å². The van der Waals surface area contributed by atoms with Crippen LogP contribution in [0.2, 0.25) is 0 Å². The minimum atomic E-state index is 0.975. The van der Waals surface area contributed by atoms with Crippen LogP contribution in [0.3, 0.4) is 0 Å². The molecule has 2 heteroatoms. The van der Waals surface area contributed by atoms with E-state index in [1.54, 1.807) is 0 Å². The van der Waals surface area contributed by atoms with Crippen LogP contribution in [0.15, 0.2) is 94.7 Å². The van der Waals surface area contributed by atoms with Crippen molar-refractivity contribution in [3.8, 4) is 11.1 Å². The molecule has 0 saturated carbocycles. The van der Waals surface area contributed by atoms with E-state index in [1.165, 1.54) is 11.1 Å². The SMILES string of the molecule is Sc1ccc(S)cc1.c1ccc(-c2ccccc2)cc1. The third kappa shape index (κ3) is 4.80. The lowest BCUT2D eigenvalue weighted by Crippen LogP contribution is -1.73. The standard InChI is InChI=1S/C12H10.C6H6S2/c1-3-7-11(8-4-1)12-9-5-2-6-10-12;7-5-1-2-6(8)4-3-5/h1-10H;1-4,7-8H. The molecule has 0 aliphatic rings. The van der Waals surface area contributed by atoms with Crippen molar-refractivity contribution in [3.63, 3.8) is 0 Å². The Bertz CT molecular complexity index is 558. The lowest BCUT2D eigenvalue weighted by atomic mass is 10.1. The van der Waals surface area contributed by atoms with Crippen molar-refractivity contribution >= 4 is 25.3 Å². The largest absolute Gasteiger partial charge is 0.143 e. The number of hydrogen-bond donors (Lipinski definition) is 2. The first-order valence-electron chi connectivity index (χ1n) is 6.34. The molecule has 0 N–H and O–H groups in total. The maximum absolute atomic E-state index is 4.10. The molecule has 0 heterocycles. The molecule has 0 aliphatic carbocycles. The molecule has 0 unspecified atom stereocenters. The average molecular weight is 296 g/mol. The van der Waals surface area contributed by atoms with Crippen LogP contribution in [0.25, 0.3) is 11.1 Å². The Morgan fingerprint density at radius 2 is 0.700 bits per heavy atom. The summed E-state index contributed by atoms with van der Waals surface area (Å²) in [6, 6.07) is 28.4. The van der Waals surface area contributed by atoms with Crippen molar-refractivity contribution in [1.82, 2.24) is 0 Å². The Kier molecular flexibility index (Phi) is 5.78. The molecule has 0 bridgehead atoms. The summed E-state index contributed by atoms with van der Waals surface area (Å²) in [4.78, 5) is 1.95. The summed E-state index contributed by atoms with van der Waals surface area (Å²) < 4.78 is 0. The first-order valence-corrected chi connectivity index (χ1v) is 7.23. The smallest absolute Gasteiger partial charge is 0.00407 e. The highest BCUT2D eigenvalue weighted by Crippen LogP contribution is 2.17. The molecule has 0 fully saturated rings. The van der Waals surface area contributed by atoms with Gasteiger partial charge in [-0.1, -0.05) is 60.7 Å². The van der Waals surface area contributed by atoms with Crippen molar-refractivity contribution < 1.29 is 0 Å². The van der Waals surface area contributed by atoms with E-state index < -0.39 is 0 Å². The van der Waals surface area contributed by atoms with Gasteiger partial charge in [-0.05, 0) is 35.4 Å². The molecule has 0 atom stereocenters. The average Bonchev–Trinajstić information content (AvgIpc) is 2.53. The van der Waals surface area contributed by atoms with E-state index in [2.05, 4.69) is 73.8 Å². The Hall–Kier alpha value is -1.64. The van der Waals surface area contributed by atoms with Crippen LogP contribution >= 0.6 is 25.3 Å². The topological polar surface area (TPSA) is 0 Å². The van der Waals surface area contributed by atoms with Crippen molar-refractivity contribution in [2.45, 2.75) is 9.79 Å². The van der Waals surface area contributed by atoms with Gasteiger partial charge in [0, 0.05) is 9.79 Å². The van der Waals surface area contributed by atoms with Crippen molar-refractivity contribution in [3.05, 3.63) is 84.9 Å². The van der Waals surface area contributed by atoms with Gasteiger partial charge in [0.1, 0.15) is 0 Å². The Morgan fingerprint density at radius 3 is 1.00 bits per heavy atom. The van der Waals surface area contributed by atoms with Crippen LogP contribution in [-0.2, 0) is 0 Å². The third-order valence-corrected chi connectivity index (χ3v) is 3.33. The van der Waals surface area contributed by atoms with Gasteiger partial charge < -0.3 is 0 Å². The second-order valence-corrected chi connectivity index (χ2v) is 5.28. The van der Waals surface area contributed by atoms with Crippen LogP contribution in [0.5, 0.6) is 0 Å². The number of hydrogen-bond acceptors (Lipinski definition) is 2. The molecule has 0 amide bonds. The van der Waals surface area contributed by atoms with E-state index in [-0.39, 0.29) is 0 Å². The normalized spacial score (nSPS) is 9.50. The summed E-state index contributed by atoms with van der Waals surface area (Å²) in [6.07, 6.45) is 0. The Balaban J connectivity index is 0.000000160. The van der Waals surface area contributed by atoms with Crippen LogP contribution in [0.4, 0.5) is 0 Å². The fourth-order valence-electron chi connectivity index (χ4n) is 1.71. The molecule has 20 heavy (non-hydrogen) atoms. The maximum Gasteiger partial charge on any atom is 0.00407 e. The van der Waals surface area contributed by atoms with Crippen LogP contribution in [0.1, 0.15) is 0 Å². The van der Waals surface area contributed by atoms with E-state index in [0.717, 1.165) is 9.79 Å². The van der Waals surface area contributed by atoms with Crippen LogP contribution < -0.4 is 0 Å². The van der Waals surface area contributed by atoms with Crippen molar-refractivity contribution in [1.29, 1.82) is 0 Å². The van der Waals surface area contributed by atoms with Gasteiger partial charge in [-0.2, -0.15) is 0 Å². The van der Waals surface area contributed by atoms with Crippen LogP contribution in [0, 0.1) is 0 Å². The quantitative estimate of drug-likeness (QED) is 0.535. The zero-order valence-corrected chi connectivity index (χ0v) is 12.8. The molecule has 100 valence electrons. The Labute approximate surface area is 131 Å². The van der Waals surface area contributed by atoms with E-state index in [1.807, 2.05) is 36.4 Å². The van der Waals surface area contributed by atoms with Gasteiger partial charge in [-0.25, -0.2) is 0 Å². The monoisotopic (exact) mass is 296 g/mol. The molecule has 0 spiro atoms. The summed E-state index contributed by atoms with van der Waals surface area (Å²) in [5.41, 5.74) is 2.55. The first kappa shape index (κ1) is 14.8. The van der Waals surface area contributed by atoms with Crippen molar-refractivity contribution in [2.24, 2.45) is 0 Å². The highest BCUT2D eigenvalue weighted by molar-refractivity contribution is 7.80. The highest BCUT2D eigenvalue weighted by Gasteiger charge is 1.91. The maximum atomic E-state index is 4.10. The van der Waals surface area contributed by atoms with Gasteiger partial charge in [0.2, 0.25) is 0 Å². The molecule has 0 aliphatic heterocycles. The summed E-state index contributed by atoms with van der Waals surface area (Å²) in [5.74, 6) is 0. The lowest BCUT2D eigenvalue weighted by Gasteiger charge is -1.98. The van der Waals surface area contributed by atoms with Crippen LogP contribution in [-0.4, -0.2) is 0 Å². The zero-order chi connectivity index (χ0) is 14.2. The van der Waals surface area contributed by atoms with E-state index in [0.29, 0.717) is 0 Å². The fourth-order valence-corrected chi connectivity index (χ4v) is 2.01. The molecule has 0 aromatic heterocycles. The predicted octanol–water partition coefficient (Wildman–Crippen LogP) is 5.62. The highest BCUT2D eigenvalue weighted by atomic mass is 32.1. The van der Waals surface area contributed by atoms with E-state index >= 15 is 0 Å². The number of rotatable bonds is 1. The summed E-state index contributed by atoms with van der Waals surface area (Å²) >= 11 is 8.20. The number of thiol groups is 2. The molecule has 0 saturated heterocycles. The summed E-state index contributed by atoms with van der Waals surface area (Å²) in [5, 5.41) is 0. The first-order chi connectivity index (χ1) is 9.75. The second kappa shape index (κ2) is 7.83. The number of benzene rings is 3. The Morgan fingerprint density at radius 1 is 0.400 bits per heavy atom. The van der Waals surface area contributed by atoms with Gasteiger partial charge in [0.05, 0.1) is 0 Å². The van der Waals surface area contributed by atoms with Gasteiger partial charge in [0.25, 0.3) is 0 Å². The molecule has 3 aromatic rings. The minimum Gasteiger partial charge on any atom is -0.143 e. The lowest BCUT2D eigenvalue weighted by molar-refractivity contribution is 1.37. The van der Waals surface area contributed by atoms with E-state index in [9.17, 15) is 0 Å². The van der Waals surface area contributed by atoms with Gasteiger partial charge >= 0.3 is 0 Å². The minimum absolute atomic E-state index is 0.975. The predicted molar refractivity (Wildman–Crippen MR) is 92.8 cm³/mol. The molecule has 0 nitrogen and oxygen atoms in total. The van der Waals surface area contributed by atoms with Crippen molar-refractivity contribution in [2.75, 3.05) is 0 Å². The molecular weight excluding hydrogens is 280 g/mol. The summed E-state index contributed by atoms with van der Waals surface area (Å²) in [7, 11) is 0. The fraction of sp³-hybridized carbons (Fsp3) is 0. The molecule has 0 radical (unpaired) electrons. The van der Waals surface area contributed by atoms with Gasteiger partial charge in [-0.15, -0.1) is 25.3 Å². The zero-order valence-electron chi connectivity index (χ0n) is 11.0.